The minimum absolute atomic E-state index is 0.0775. The maximum atomic E-state index is 13.4. The first kappa shape index (κ1) is 20.7. The third kappa shape index (κ3) is 5.51. The number of nitrogens with two attached hydrogens (primary N) is 1. The Morgan fingerprint density at radius 3 is 2.21 bits per heavy atom. The number of rotatable bonds is 5. The number of carbonyl (C=O) groups excluding carboxylic acids is 2. The van der Waals surface area contributed by atoms with Crippen LogP contribution in [0, 0.1) is 11.6 Å². The fraction of sp³-hybridized carbons (Fsp3) is 0.333. The van der Waals surface area contributed by atoms with Crippen molar-refractivity contribution in [1.82, 2.24) is 9.80 Å². The fourth-order valence-corrected chi connectivity index (χ4v) is 3.53. The molecule has 0 radical (unpaired) electrons. The summed E-state index contributed by atoms with van der Waals surface area (Å²) in [5.41, 5.74) is 6.89. The average molecular weight is 402 g/mol. The molecule has 154 valence electrons. The Bertz CT molecular complexity index is 860. The van der Waals surface area contributed by atoms with E-state index in [0.717, 1.165) is 18.9 Å². The van der Waals surface area contributed by atoms with Crippen LogP contribution in [0.1, 0.15) is 12.8 Å². The summed E-state index contributed by atoms with van der Waals surface area (Å²) in [5.74, 6) is -1.62. The Balaban J connectivity index is 1.57. The lowest BCUT2D eigenvalue weighted by molar-refractivity contribution is -0.119. The molecule has 0 bridgehead atoms. The number of urea groups is 1. The molecule has 0 atom stereocenters. The van der Waals surface area contributed by atoms with Crippen LogP contribution in [-0.2, 0) is 4.79 Å². The number of anilines is 1. The Kier molecular flexibility index (Phi) is 6.43. The summed E-state index contributed by atoms with van der Waals surface area (Å²) in [4.78, 5) is 27.2. The minimum Gasteiger partial charge on any atom is -0.369 e. The molecule has 2 aromatic rings. The molecular weight excluding hydrogens is 378 g/mol. The van der Waals surface area contributed by atoms with Gasteiger partial charge < -0.3 is 16.0 Å². The van der Waals surface area contributed by atoms with Crippen LogP contribution in [0.2, 0.25) is 0 Å². The van der Waals surface area contributed by atoms with Crippen molar-refractivity contribution >= 4 is 17.6 Å². The number of benzene rings is 2. The van der Waals surface area contributed by atoms with E-state index in [1.807, 2.05) is 4.90 Å². The molecule has 0 saturated carbocycles. The van der Waals surface area contributed by atoms with Gasteiger partial charge in [0, 0.05) is 37.9 Å². The number of halogens is 2. The predicted molar refractivity (Wildman–Crippen MR) is 107 cm³/mol. The second-order valence-electron chi connectivity index (χ2n) is 7.25. The van der Waals surface area contributed by atoms with Crippen LogP contribution in [0.4, 0.5) is 19.3 Å². The molecule has 0 aromatic heterocycles. The van der Waals surface area contributed by atoms with E-state index in [2.05, 4.69) is 5.32 Å². The van der Waals surface area contributed by atoms with Gasteiger partial charge in [0.25, 0.3) is 0 Å². The smallest absolute Gasteiger partial charge is 0.321 e. The van der Waals surface area contributed by atoms with E-state index in [-0.39, 0.29) is 24.5 Å². The number of carbonyl (C=O) groups is 2. The van der Waals surface area contributed by atoms with Gasteiger partial charge in [0.05, 0.1) is 6.54 Å². The van der Waals surface area contributed by atoms with Crippen LogP contribution in [-0.4, -0.2) is 54.5 Å². The first-order chi connectivity index (χ1) is 13.8. The van der Waals surface area contributed by atoms with E-state index < -0.39 is 11.6 Å². The number of piperidine rings is 1. The number of amides is 3. The van der Waals surface area contributed by atoms with Gasteiger partial charge >= 0.3 is 6.03 Å². The molecule has 1 saturated heterocycles. The van der Waals surface area contributed by atoms with Gasteiger partial charge in [0.1, 0.15) is 11.6 Å². The Labute approximate surface area is 168 Å². The molecule has 3 rings (SSSR count). The van der Waals surface area contributed by atoms with Gasteiger partial charge in [-0.3, -0.25) is 9.69 Å². The van der Waals surface area contributed by atoms with Gasteiger partial charge in [-0.15, -0.1) is 0 Å². The van der Waals surface area contributed by atoms with E-state index in [1.54, 1.807) is 36.2 Å². The van der Waals surface area contributed by atoms with Crippen LogP contribution in [0.3, 0.4) is 0 Å². The Morgan fingerprint density at radius 2 is 1.66 bits per heavy atom. The van der Waals surface area contributed by atoms with Crippen LogP contribution in [0.25, 0.3) is 11.1 Å². The molecule has 3 N–H and O–H groups in total. The molecular formula is C21H24F2N4O2. The van der Waals surface area contributed by atoms with Crippen molar-refractivity contribution in [2.24, 2.45) is 5.73 Å². The highest BCUT2D eigenvalue weighted by Gasteiger charge is 2.25. The zero-order valence-electron chi connectivity index (χ0n) is 16.2. The third-order valence-electron chi connectivity index (χ3n) is 5.14. The molecule has 0 spiro atoms. The second kappa shape index (κ2) is 9.00. The Morgan fingerprint density at radius 1 is 1.07 bits per heavy atom. The molecule has 3 amide bonds. The van der Waals surface area contributed by atoms with Gasteiger partial charge in [-0.05, 0) is 48.2 Å². The summed E-state index contributed by atoms with van der Waals surface area (Å²) in [6, 6.07) is 9.98. The Hall–Kier alpha value is -3.00. The van der Waals surface area contributed by atoms with Gasteiger partial charge in [-0.25, -0.2) is 13.6 Å². The fourth-order valence-electron chi connectivity index (χ4n) is 3.53. The maximum absolute atomic E-state index is 13.4. The molecule has 1 aliphatic heterocycles. The minimum atomic E-state index is -0.638. The molecule has 29 heavy (non-hydrogen) atoms. The molecule has 2 aromatic carbocycles. The zero-order chi connectivity index (χ0) is 21.0. The number of likely N-dealkylation sites (tertiary alicyclic amines) is 1. The number of hydrogen-bond acceptors (Lipinski definition) is 3. The highest BCUT2D eigenvalue weighted by molar-refractivity contribution is 5.89. The summed E-state index contributed by atoms with van der Waals surface area (Å²) in [6.45, 7) is 1.67. The topological polar surface area (TPSA) is 78.7 Å². The molecule has 0 aliphatic carbocycles. The van der Waals surface area contributed by atoms with Crippen LogP contribution < -0.4 is 11.1 Å². The van der Waals surface area contributed by atoms with Crippen molar-refractivity contribution in [2.45, 2.75) is 18.9 Å². The lowest BCUT2D eigenvalue weighted by atomic mass is 10.0. The lowest BCUT2D eigenvalue weighted by Crippen LogP contribution is -2.48. The molecule has 1 aliphatic rings. The van der Waals surface area contributed by atoms with E-state index in [9.17, 15) is 18.4 Å². The standard InChI is InChI=1S/C21H24F2N4O2/c1-26(19-6-8-27(9-7-19)13-20(24)28)21(29)25-18-4-2-14(3-5-18)15-10-16(22)12-17(23)11-15/h2-5,10-12,19H,6-9,13H2,1H3,(H2,24,28)(H,25,29). The highest BCUT2D eigenvalue weighted by Crippen LogP contribution is 2.24. The predicted octanol–water partition coefficient (Wildman–Crippen LogP) is 3.05. The van der Waals surface area contributed by atoms with E-state index in [0.29, 0.717) is 29.9 Å². The molecule has 6 nitrogen and oxygen atoms in total. The zero-order valence-corrected chi connectivity index (χ0v) is 16.2. The summed E-state index contributed by atoms with van der Waals surface area (Å²) < 4.78 is 26.8. The van der Waals surface area contributed by atoms with Gasteiger partial charge in [-0.1, -0.05) is 12.1 Å². The van der Waals surface area contributed by atoms with E-state index >= 15 is 0 Å². The summed E-state index contributed by atoms with van der Waals surface area (Å²) in [6.07, 6.45) is 1.53. The first-order valence-corrected chi connectivity index (χ1v) is 9.43. The van der Waals surface area contributed by atoms with E-state index in [1.165, 1.54) is 12.1 Å². The summed E-state index contributed by atoms with van der Waals surface area (Å²) in [5, 5.41) is 2.83. The molecule has 1 fully saturated rings. The summed E-state index contributed by atoms with van der Waals surface area (Å²) in [7, 11) is 1.74. The van der Waals surface area contributed by atoms with Gasteiger partial charge in [0.15, 0.2) is 0 Å². The number of nitrogens with zero attached hydrogens (tertiary/aromatic N) is 2. The number of primary amides is 1. The van der Waals surface area contributed by atoms with Crippen molar-refractivity contribution in [3.05, 3.63) is 54.1 Å². The second-order valence-corrected chi connectivity index (χ2v) is 7.25. The van der Waals surface area contributed by atoms with Crippen LogP contribution >= 0.6 is 0 Å². The number of nitrogens with one attached hydrogen (secondary N) is 1. The summed E-state index contributed by atoms with van der Waals surface area (Å²) >= 11 is 0. The van der Waals surface area contributed by atoms with Gasteiger partial charge in [0.2, 0.25) is 5.91 Å². The lowest BCUT2D eigenvalue weighted by Gasteiger charge is -2.36. The van der Waals surface area contributed by atoms with Crippen LogP contribution in [0.5, 0.6) is 0 Å². The van der Waals surface area contributed by atoms with Crippen molar-refractivity contribution < 1.29 is 18.4 Å². The van der Waals surface area contributed by atoms with Crippen LogP contribution in [0.15, 0.2) is 42.5 Å². The van der Waals surface area contributed by atoms with Crippen molar-refractivity contribution in [3.63, 3.8) is 0 Å². The third-order valence-corrected chi connectivity index (χ3v) is 5.14. The number of hydrogen-bond donors (Lipinski definition) is 2. The SMILES string of the molecule is CN(C(=O)Nc1ccc(-c2cc(F)cc(F)c2)cc1)C1CCN(CC(N)=O)CC1. The van der Waals surface area contributed by atoms with E-state index in [4.69, 9.17) is 5.73 Å². The molecule has 8 heteroatoms. The monoisotopic (exact) mass is 402 g/mol. The largest absolute Gasteiger partial charge is 0.369 e. The molecule has 1 heterocycles. The average Bonchev–Trinajstić information content (AvgIpc) is 2.67. The molecule has 0 unspecified atom stereocenters. The first-order valence-electron chi connectivity index (χ1n) is 9.43. The quantitative estimate of drug-likeness (QED) is 0.807. The van der Waals surface area contributed by atoms with Crippen molar-refractivity contribution in [2.75, 3.05) is 32.0 Å². The van der Waals surface area contributed by atoms with Gasteiger partial charge in [-0.2, -0.15) is 0 Å². The maximum Gasteiger partial charge on any atom is 0.321 e. The van der Waals surface area contributed by atoms with Crippen molar-refractivity contribution in [1.29, 1.82) is 0 Å². The highest BCUT2D eigenvalue weighted by atomic mass is 19.1. The van der Waals surface area contributed by atoms with Crippen molar-refractivity contribution in [3.8, 4) is 11.1 Å². The normalized spacial score (nSPS) is 15.1.